The number of piperidine rings is 1. The molecule has 1 saturated heterocycles. The molecule has 0 amide bonds. The normalized spacial score (nSPS) is 16.0. The minimum absolute atomic E-state index is 0.0149. The summed E-state index contributed by atoms with van der Waals surface area (Å²) in [6.07, 6.45) is -1.25. The molecule has 7 heteroatoms. The average Bonchev–Trinajstić information content (AvgIpc) is 2.75. The molecule has 4 rings (SSSR count). The number of aromatic nitrogens is 2. The highest BCUT2D eigenvalue weighted by atomic mass is 19.4. The molecule has 30 heavy (non-hydrogen) atoms. The molecule has 1 aliphatic heterocycles. The lowest BCUT2D eigenvalue weighted by Gasteiger charge is -2.32. The molecule has 0 bridgehead atoms. The Kier molecular flexibility index (Phi) is 5.72. The largest absolute Gasteiger partial charge is 0.416 e. The van der Waals surface area contributed by atoms with Crippen LogP contribution in [0.3, 0.4) is 0 Å². The maximum absolute atomic E-state index is 13.0. The van der Waals surface area contributed by atoms with Crippen molar-refractivity contribution >= 4 is 0 Å². The van der Waals surface area contributed by atoms with Crippen LogP contribution >= 0.6 is 0 Å². The predicted molar refractivity (Wildman–Crippen MR) is 109 cm³/mol. The maximum atomic E-state index is 13.0. The fourth-order valence-corrected chi connectivity index (χ4v) is 3.91. The zero-order valence-electron chi connectivity index (χ0n) is 16.3. The fourth-order valence-electron chi connectivity index (χ4n) is 3.91. The Morgan fingerprint density at radius 3 is 2.23 bits per heavy atom. The smallest absolute Gasteiger partial charge is 0.299 e. The molecule has 0 spiro atoms. The van der Waals surface area contributed by atoms with Crippen molar-refractivity contribution in [1.82, 2.24) is 14.7 Å². The van der Waals surface area contributed by atoms with Crippen LogP contribution < -0.4 is 5.56 Å². The summed E-state index contributed by atoms with van der Waals surface area (Å²) in [5.74, 6) is 0. The highest BCUT2D eigenvalue weighted by Gasteiger charge is 2.30. The van der Waals surface area contributed by atoms with Crippen LogP contribution in [0.25, 0.3) is 11.1 Å². The second kappa shape index (κ2) is 8.44. The van der Waals surface area contributed by atoms with E-state index >= 15 is 0 Å². The van der Waals surface area contributed by atoms with Crippen molar-refractivity contribution in [3.8, 4) is 11.1 Å². The number of alkyl halides is 3. The summed E-state index contributed by atoms with van der Waals surface area (Å²) in [6.45, 7) is 2.60. The standard InChI is InChI=1S/C23H22F3N3O/c24-23(25,26)19-8-6-18(7-9-19)21-10-13-27-29(22(21)30)20-11-14-28(15-12-20)16-17-4-2-1-3-5-17/h1-10,13,20H,11-12,14-16H2. The molecular weight excluding hydrogens is 391 g/mol. The highest BCUT2D eigenvalue weighted by Crippen LogP contribution is 2.30. The summed E-state index contributed by atoms with van der Waals surface area (Å²) in [7, 11) is 0. The van der Waals surface area contributed by atoms with Crippen molar-refractivity contribution < 1.29 is 13.2 Å². The molecule has 4 nitrogen and oxygen atoms in total. The summed E-state index contributed by atoms with van der Waals surface area (Å²) in [4.78, 5) is 15.3. The number of nitrogens with zero attached hydrogens (tertiary/aromatic N) is 3. The zero-order valence-corrected chi connectivity index (χ0v) is 16.3. The Balaban J connectivity index is 1.48. The van der Waals surface area contributed by atoms with E-state index in [0.717, 1.165) is 44.6 Å². The van der Waals surface area contributed by atoms with E-state index in [1.807, 2.05) is 18.2 Å². The Bertz CT molecular complexity index is 1040. The van der Waals surface area contributed by atoms with Crippen molar-refractivity contribution in [1.29, 1.82) is 0 Å². The van der Waals surface area contributed by atoms with Crippen molar-refractivity contribution in [2.45, 2.75) is 31.6 Å². The lowest BCUT2D eigenvalue weighted by atomic mass is 10.0. The number of hydrogen-bond acceptors (Lipinski definition) is 3. The van der Waals surface area contributed by atoms with E-state index in [2.05, 4.69) is 22.1 Å². The van der Waals surface area contributed by atoms with Gasteiger partial charge in [-0.1, -0.05) is 42.5 Å². The summed E-state index contributed by atoms with van der Waals surface area (Å²) >= 11 is 0. The zero-order chi connectivity index (χ0) is 21.1. The third-order valence-electron chi connectivity index (χ3n) is 5.55. The molecule has 1 aromatic heterocycles. The van der Waals surface area contributed by atoms with Gasteiger partial charge in [0.2, 0.25) is 0 Å². The lowest BCUT2D eigenvalue weighted by Crippen LogP contribution is -2.38. The summed E-state index contributed by atoms with van der Waals surface area (Å²) in [5, 5.41) is 4.26. The van der Waals surface area contributed by atoms with E-state index in [4.69, 9.17) is 0 Å². The van der Waals surface area contributed by atoms with Crippen molar-refractivity contribution in [3.05, 3.63) is 88.3 Å². The van der Waals surface area contributed by atoms with E-state index in [-0.39, 0.29) is 11.6 Å². The molecule has 1 fully saturated rings. The minimum atomic E-state index is -4.40. The number of rotatable bonds is 4. The van der Waals surface area contributed by atoms with E-state index in [1.54, 1.807) is 12.3 Å². The van der Waals surface area contributed by atoms with Crippen molar-refractivity contribution in [2.24, 2.45) is 0 Å². The lowest BCUT2D eigenvalue weighted by molar-refractivity contribution is -0.137. The molecule has 0 radical (unpaired) electrons. The Labute approximate surface area is 172 Å². The van der Waals surface area contributed by atoms with Gasteiger partial charge in [0, 0.05) is 25.8 Å². The Morgan fingerprint density at radius 1 is 0.933 bits per heavy atom. The molecule has 1 aliphatic rings. The minimum Gasteiger partial charge on any atom is -0.299 e. The van der Waals surface area contributed by atoms with Gasteiger partial charge in [-0.15, -0.1) is 0 Å². The van der Waals surface area contributed by atoms with Crippen LogP contribution in [0.15, 0.2) is 71.7 Å². The first-order valence-electron chi connectivity index (χ1n) is 9.93. The molecule has 156 valence electrons. The van der Waals surface area contributed by atoms with Crippen LogP contribution in [0, 0.1) is 0 Å². The first-order valence-corrected chi connectivity index (χ1v) is 9.93. The molecule has 0 saturated carbocycles. The quantitative estimate of drug-likeness (QED) is 0.619. The third kappa shape index (κ3) is 4.46. The molecule has 0 atom stereocenters. The topological polar surface area (TPSA) is 38.1 Å². The van der Waals surface area contributed by atoms with E-state index < -0.39 is 11.7 Å². The third-order valence-corrected chi connectivity index (χ3v) is 5.55. The molecule has 0 aliphatic carbocycles. The molecule has 2 aromatic carbocycles. The molecule has 3 aromatic rings. The van der Waals surface area contributed by atoms with E-state index in [1.165, 1.54) is 22.4 Å². The van der Waals surface area contributed by atoms with Crippen LogP contribution in [-0.2, 0) is 12.7 Å². The number of benzene rings is 2. The van der Waals surface area contributed by atoms with Gasteiger partial charge in [0.1, 0.15) is 0 Å². The van der Waals surface area contributed by atoms with Crippen molar-refractivity contribution in [3.63, 3.8) is 0 Å². The average molecular weight is 413 g/mol. The maximum Gasteiger partial charge on any atom is 0.416 e. The molecule has 0 unspecified atom stereocenters. The molecular formula is C23H22F3N3O. The van der Waals surface area contributed by atoms with Gasteiger partial charge in [0.25, 0.3) is 5.56 Å². The van der Waals surface area contributed by atoms with Gasteiger partial charge < -0.3 is 0 Å². The molecule has 2 heterocycles. The fraction of sp³-hybridized carbons (Fsp3) is 0.304. The van der Waals surface area contributed by atoms with Gasteiger partial charge in [0.05, 0.1) is 17.2 Å². The monoisotopic (exact) mass is 413 g/mol. The first kappa shape index (κ1) is 20.3. The van der Waals surface area contributed by atoms with Crippen LogP contribution in [0.5, 0.6) is 0 Å². The number of halogens is 3. The van der Waals surface area contributed by atoms with E-state index in [9.17, 15) is 18.0 Å². The highest BCUT2D eigenvalue weighted by molar-refractivity contribution is 5.62. The van der Waals surface area contributed by atoms with Crippen molar-refractivity contribution in [2.75, 3.05) is 13.1 Å². The second-order valence-electron chi connectivity index (χ2n) is 7.56. The second-order valence-corrected chi connectivity index (χ2v) is 7.56. The first-order chi connectivity index (χ1) is 14.4. The predicted octanol–water partition coefficient (Wildman–Crippen LogP) is 4.77. The van der Waals surface area contributed by atoms with Gasteiger partial charge in [-0.3, -0.25) is 9.69 Å². The number of likely N-dealkylation sites (tertiary alicyclic amines) is 1. The van der Waals surface area contributed by atoms with Gasteiger partial charge >= 0.3 is 6.18 Å². The molecule has 0 N–H and O–H groups in total. The summed E-state index contributed by atoms with van der Waals surface area (Å²) in [6, 6.07) is 16.5. The Hall–Kier alpha value is -2.93. The summed E-state index contributed by atoms with van der Waals surface area (Å²) in [5.41, 5.74) is 1.09. The van der Waals surface area contributed by atoms with Gasteiger partial charge in [-0.2, -0.15) is 18.3 Å². The van der Waals surface area contributed by atoms with Gasteiger partial charge in [-0.25, -0.2) is 4.68 Å². The van der Waals surface area contributed by atoms with Crippen LogP contribution in [0.2, 0.25) is 0 Å². The van der Waals surface area contributed by atoms with E-state index in [0.29, 0.717) is 11.1 Å². The van der Waals surface area contributed by atoms with Gasteiger partial charge in [0.15, 0.2) is 0 Å². The SMILES string of the molecule is O=c1c(-c2ccc(C(F)(F)F)cc2)ccnn1C1CCN(Cc2ccccc2)CC1. The Morgan fingerprint density at radius 2 is 1.60 bits per heavy atom. The van der Waals surface area contributed by atoms with Crippen LogP contribution in [0.1, 0.15) is 30.0 Å². The van der Waals surface area contributed by atoms with Crippen LogP contribution in [-0.4, -0.2) is 27.8 Å². The van der Waals surface area contributed by atoms with Gasteiger partial charge in [-0.05, 0) is 42.2 Å². The summed E-state index contributed by atoms with van der Waals surface area (Å²) < 4.78 is 39.9. The van der Waals surface area contributed by atoms with Crippen LogP contribution in [0.4, 0.5) is 13.2 Å². The number of hydrogen-bond donors (Lipinski definition) is 0.